The van der Waals surface area contributed by atoms with Gasteiger partial charge in [-0.3, -0.25) is 0 Å². The van der Waals surface area contributed by atoms with Gasteiger partial charge < -0.3 is 0 Å². The molecule has 4 nitrogen and oxygen atoms in total. The predicted octanol–water partition coefficient (Wildman–Crippen LogP) is 11.3. The van der Waals surface area contributed by atoms with Gasteiger partial charge in [-0.25, -0.2) is 14.6 Å². The molecule has 0 amide bonds. The van der Waals surface area contributed by atoms with Crippen molar-refractivity contribution < 1.29 is 0 Å². The molecule has 0 aliphatic carbocycles. The Morgan fingerprint density at radius 1 is 0.388 bits per heavy atom. The Morgan fingerprint density at radius 2 is 0.939 bits per heavy atom. The largest absolute Gasteiger partial charge is 0.232 e. The normalized spacial score (nSPS) is 11.3. The third kappa shape index (κ3) is 5.16. The fraction of sp³-hybridized carbons (Fsp3) is 0. The van der Waals surface area contributed by atoms with Crippen molar-refractivity contribution in [3.63, 3.8) is 0 Å². The summed E-state index contributed by atoms with van der Waals surface area (Å²) in [4.78, 5) is 10.3. The third-order valence-electron chi connectivity index (χ3n) is 9.02. The molecule has 0 bridgehead atoms. The van der Waals surface area contributed by atoms with Gasteiger partial charge in [0.2, 0.25) is 0 Å². The third-order valence-corrected chi connectivity index (χ3v) is 9.02. The van der Waals surface area contributed by atoms with Crippen LogP contribution >= 0.6 is 0 Å². The Bertz CT molecular complexity index is 2500. The first-order valence-corrected chi connectivity index (χ1v) is 16.5. The van der Waals surface area contributed by atoms with Crippen LogP contribution in [0.1, 0.15) is 0 Å². The summed E-state index contributed by atoms with van der Waals surface area (Å²) in [5, 5.41) is 8.72. The molecule has 230 valence electrons. The van der Waals surface area contributed by atoms with E-state index in [2.05, 4.69) is 156 Å². The van der Waals surface area contributed by atoms with Crippen LogP contribution in [0.5, 0.6) is 0 Å². The zero-order chi connectivity index (χ0) is 32.6. The minimum absolute atomic E-state index is 0.688. The minimum Gasteiger partial charge on any atom is -0.232 e. The van der Waals surface area contributed by atoms with Crippen LogP contribution in [0.3, 0.4) is 0 Å². The number of rotatable bonds is 6. The minimum atomic E-state index is 0.688. The van der Waals surface area contributed by atoms with Gasteiger partial charge in [-0.2, -0.15) is 5.10 Å². The highest BCUT2D eigenvalue weighted by molar-refractivity contribution is 6.21. The Hall–Kier alpha value is -6.65. The number of para-hydroxylation sites is 1. The zero-order valence-corrected chi connectivity index (χ0v) is 26.6. The average molecular weight is 627 g/mol. The molecular weight excluding hydrogens is 597 g/mol. The lowest BCUT2D eigenvalue weighted by Crippen LogP contribution is -1.99. The van der Waals surface area contributed by atoms with E-state index in [-0.39, 0.29) is 0 Å². The lowest BCUT2D eigenvalue weighted by atomic mass is 9.91. The highest BCUT2D eigenvalue weighted by atomic mass is 15.3. The van der Waals surface area contributed by atoms with Crippen LogP contribution in [0.25, 0.3) is 83.6 Å². The highest BCUT2D eigenvalue weighted by Gasteiger charge is 2.23. The summed E-state index contributed by atoms with van der Waals surface area (Å²) in [5.74, 6) is 0.688. The molecule has 0 N–H and O–H groups in total. The Morgan fingerprint density at radius 3 is 1.59 bits per heavy atom. The van der Waals surface area contributed by atoms with Crippen molar-refractivity contribution in [3.8, 4) is 62.0 Å². The Labute approximate surface area is 284 Å². The van der Waals surface area contributed by atoms with Crippen LogP contribution in [0.15, 0.2) is 182 Å². The number of fused-ring (bicyclic) bond motifs is 3. The van der Waals surface area contributed by atoms with Crippen LogP contribution in [0.4, 0.5) is 0 Å². The predicted molar refractivity (Wildman–Crippen MR) is 201 cm³/mol. The second-order valence-corrected chi connectivity index (χ2v) is 12.1. The summed E-state index contributed by atoms with van der Waals surface area (Å²) in [6.45, 7) is 0. The van der Waals surface area contributed by atoms with E-state index in [1.54, 1.807) is 0 Å². The van der Waals surface area contributed by atoms with E-state index in [1.807, 2.05) is 30.3 Å². The monoisotopic (exact) mass is 626 g/mol. The van der Waals surface area contributed by atoms with Crippen molar-refractivity contribution in [3.05, 3.63) is 182 Å². The molecule has 0 aliphatic rings. The van der Waals surface area contributed by atoms with Gasteiger partial charge in [-0.05, 0) is 40.8 Å². The highest BCUT2D eigenvalue weighted by Crippen LogP contribution is 2.44. The van der Waals surface area contributed by atoms with Gasteiger partial charge >= 0.3 is 0 Å². The lowest BCUT2D eigenvalue weighted by Gasteiger charge is -2.15. The van der Waals surface area contributed by atoms with E-state index in [1.165, 1.54) is 0 Å². The fourth-order valence-corrected chi connectivity index (χ4v) is 6.76. The van der Waals surface area contributed by atoms with Crippen LogP contribution in [0, 0.1) is 0 Å². The van der Waals surface area contributed by atoms with E-state index >= 15 is 0 Å². The van der Waals surface area contributed by atoms with Crippen molar-refractivity contribution in [2.24, 2.45) is 0 Å². The SMILES string of the molecule is c1ccc(-c2cc(-c3cccc4cc(-c5ccccc5)c5c(-c6ccccc6)nn(-c6ccccc6)c5c34)nc(-c3ccccc3)n2)cc1. The van der Waals surface area contributed by atoms with Crippen LogP contribution in [-0.2, 0) is 0 Å². The Balaban J connectivity index is 1.43. The van der Waals surface area contributed by atoms with E-state index in [0.29, 0.717) is 5.82 Å². The van der Waals surface area contributed by atoms with Gasteiger partial charge in [0.1, 0.15) is 5.69 Å². The van der Waals surface area contributed by atoms with Crippen LogP contribution < -0.4 is 0 Å². The molecule has 7 aromatic carbocycles. The number of benzene rings is 7. The first-order chi connectivity index (χ1) is 24.3. The number of nitrogens with zero attached hydrogens (tertiary/aromatic N) is 4. The summed E-state index contributed by atoms with van der Waals surface area (Å²) in [5.41, 5.74) is 11.1. The first kappa shape index (κ1) is 28.6. The van der Waals surface area contributed by atoms with Crippen molar-refractivity contribution >= 4 is 21.7 Å². The van der Waals surface area contributed by atoms with Gasteiger partial charge in [0.15, 0.2) is 5.82 Å². The van der Waals surface area contributed by atoms with Crippen molar-refractivity contribution in [1.29, 1.82) is 0 Å². The molecule has 0 atom stereocenters. The quantitative estimate of drug-likeness (QED) is 0.184. The van der Waals surface area contributed by atoms with Crippen molar-refractivity contribution in [2.45, 2.75) is 0 Å². The molecule has 4 heteroatoms. The molecule has 0 fully saturated rings. The molecule has 2 heterocycles. The molecule has 9 aromatic rings. The molecule has 49 heavy (non-hydrogen) atoms. The molecule has 0 radical (unpaired) electrons. The van der Waals surface area contributed by atoms with Gasteiger partial charge in [-0.1, -0.05) is 158 Å². The molecule has 0 aliphatic heterocycles. The van der Waals surface area contributed by atoms with E-state index < -0.39 is 0 Å². The maximum absolute atomic E-state index is 5.42. The molecule has 0 saturated heterocycles. The summed E-state index contributed by atoms with van der Waals surface area (Å²) in [7, 11) is 0. The number of hydrogen-bond acceptors (Lipinski definition) is 3. The lowest BCUT2D eigenvalue weighted by molar-refractivity contribution is 0.918. The smallest absolute Gasteiger partial charge is 0.160 e. The number of aromatic nitrogens is 4. The fourth-order valence-electron chi connectivity index (χ4n) is 6.76. The molecule has 2 aromatic heterocycles. The van der Waals surface area contributed by atoms with E-state index in [9.17, 15) is 0 Å². The second kappa shape index (κ2) is 12.2. The average Bonchev–Trinajstić information content (AvgIpc) is 3.60. The van der Waals surface area contributed by atoms with Crippen LogP contribution in [-0.4, -0.2) is 19.7 Å². The molecule has 0 saturated carbocycles. The number of hydrogen-bond donors (Lipinski definition) is 0. The summed E-state index contributed by atoms with van der Waals surface area (Å²) >= 11 is 0. The summed E-state index contributed by atoms with van der Waals surface area (Å²) in [6.07, 6.45) is 0. The second-order valence-electron chi connectivity index (χ2n) is 12.1. The molecular formula is C45H30N4. The maximum Gasteiger partial charge on any atom is 0.160 e. The van der Waals surface area contributed by atoms with Gasteiger partial charge in [-0.15, -0.1) is 0 Å². The summed E-state index contributed by atoms with van der Waals surface area (Å²) in [6, 6.07) is 63.1. The van der Waals surface area contributed by atoms with Gasteiger partial charge in [0.05, 0.1) is 22.6 Å². The molecule has 0 spiro atoms. The zero-order valence-electron chi connectivity index (χ0n) is 26.6. The maximum atomic E-state index is 5.42. The van der Waals surface area contributed by atoms with Crippen molar-refractivity contribution in [2.75, 3.05) is 0 Å². The summed E-state index contributed by atoms with van der Waals surface area (Å²) < 4.78 is 2.12. The van der Waals surface area contributed by atoms with Gasteiger partial charge in [0.25, 0.3) is 0 Å². The molecule has 0 unspecified atom stereocenters. The standard InChI is InChI=1S/C45H30N4/c1-6-17-31(18-7-1)38-29-35-25-16-28-37(40-30-39(32-19-8-2-9-20-32)46-45(47-40)34-23-12-4-13-24-34)41(35)44-42(38)43(33-21-10-3-11-22-33)48-49(44)36-26-14-5-15-27-36/h1-30H. The van der Waals surface area contributed by atoms with E-state index in [4.69, 9.17) is 15.1 Å². The van der Waals surface area contributed by atoms with Crippen LogP contribution in [0.2, 0.25) is 0 Å². The topological polar surface area (TPSA) is 43.6 Å². The Kier molecular flexibility index (Phi) is 7.10. The van der Waals surface area contributed by atoms with Gasteiger partial charge in [0, 0.05) is 33.0 Å². The van der Waals surface area contributed by atoms with E-state index in [0.717, 1.165) is 77.8 Å². The first-order valence-electron chi connectivity index (χ1n) is 16.5. The van der Waals surface area contributed by atoms with Crippen molar-refractivity contribution in [1.82, 2.24) is 19.7 Å². The molecule has 9 rings (SSSR count).